The molecule has 0 unspecified atom stereocenters. The molecule has 0 radical (unpaired) electrons. The van der Waals surface area contributed by atoms with Crippen molar-refractivity contribution in [2.75, 3.05) is 0 Å². The summed E-state index contributed by atoms with van der Waals surface area (Å²) in [6.45, 7) is 1.90. The number of rotatable bonds is 0. The number of hydrogen-bond acceptors (Lipinski definition) is 3. The molecule has 1 aromatic heterocycles. The van der Waals surface area contributed by atoms with Crippen molar-refractivity contribution in [2.45, 2.75) is 6.92 Å². The molecular weight excluding hydrogens is 155 g/mol. The minimum absolute atomic E-state index is 0. The van der Waals surface area contributed by atoms with Crippen LogP contribution < -0.4 is 0 Å². The molecule has 0 aliphatic rings. The fraction of sp³-hybridized carbons (Fsp3) is 0.333. The number of hydrogen-bond donors (Lipinski definition) is 0. The van der Waals surface area contributed by atoms with Gasteiger partial charge >= 0.3 is 0 Å². The predicted octanol–water partition coefficient (Wildman–Crippen LogP) is 0.644. The number of nitrogens with zero attached hydrogens (tertiary/aromatic N) is 2. The van der Waals surface area contributed by atoms with E-state index in [1.54, 1.807) is 0 Å². The van der Waals surface area contributed by atoms with Gasteiger partial charge in [-0.25, -0.2) is 0 Å². The van der Waals surface area contributed by atoms with Crippen molar-refractivity contribution in [3.8, 4) is 0 Å². The monoisotopic (exact) mass is 157 g/mol. The first-order valence-corrected chi connectivity index (χ1v) is 2.37. The van der Waals surface area contributed by atoms with Crippen molar-refractivity contribution < 1.29 is 16.5 Å². The van der Waals surface area contributed by atoms with Crippen molar-refractivity contribution in [1.29, 1.82) is 0 Å². The van der Waals surface area contributed by atoms with Gasteiger partial charge in [-0.2, -0.15) is 0 Å². The second-order valence-corrected chi connectivity index (χ2v) is 1.89. The molecule has 2 nitrogen and oxygen atoms in total. The fourth-order valence-electron chi connectivity index (χ4n) is 0.198. The van der Waals surface area contributed by atoms with E-state index in [9.17, 15) is 0 Å². The summed E-state index contributed by atoms with van der Waals surface area (Å²) in [6, 6.07) is 0. The maximum absolute atomic E-state index is 3.63. The van der Waals surface area contributed by atoms with E-state index < -0.39 is 0 Å². The van der Waals surface area contributed by atoms with E-state index in [1.807, 2.05) is 6.92 Å². The second kappa shape index (κ2) is 3.11. The first-order valence-electron chi connectivity index (χ1n) is 1.56. The molecule has 1 heterocycles. The second-order valence-electron chi connectivity index (χ2n) is 0.912. The van der Waals surface area contributed by atoms with Crippen LogP contribution in [0, 0.1) is 12.4 Å². The Morgan fingerprint density at radius 3 is 2.57 bits per heavy atom. The van der Waals surface area contributed by atoms with E-state index >= 15 is 0 Å². The topological polar surface area (TPSA) is 25.8 Å². The molecule has 0 N–H and O–H groups in total. The van der Waals surface area contributed by atoms with Crippen LogP contribution in [0.25, 0.3) is 0 Å². The molecule has 1 aromatic rings. The average molecular weight is 158 g/mol. The van der Waals surface area contributed by atoms with Gasteiger partial charge in [0.05, 0.1) is 0 Å². The van der Waals surface area contributed by atoms with Gasteiger partial charge in [-0.3, -0.25) is 10.2 Å². The van der Waals surface area contributed by atoms with Crippen LogP contribution in [-0.4, -0.2) is 10.2 Å². The summed E-state index contributed by atoms with van der Waals surface area (Å²) in [5.41, 5.74) is 2.61. The standard InChI is InChI=1S/C3H3N2S.Ni/c1-3-5-4-2-6-3;/h1H3;/q-1;. The zero-order chi connectivity index (χ0) is 4.41. The van der Waals surface area contributed by atoms with Gasteiger partial charge in [0.1, 0.15) is 0 Å². The molecule has 42 valence electrons. The van der Waals surface area contributed by atoms with E-state index in [4.69, 9.17) is 0 Å². The van der Waals surface area contributed by atoms with Crippen LogP contribution in [0.1, 0.15) is 5.01 Å². The molecule has 4 heteroatoms. The molecule has 7 heavy (non-hydrogen) atoms. The summed E-state index contributed by atoms with van der Waals surface area (Å²) < 4.78 is 0. The van der Waals surface area contributed by atoms with Crippen molar-refractivity contribution in [1.82, 2.24) is 10.2 Å². The molecular formula is C3H3N2NiS-. The molecule has 0 amide bonds. The molecule has 0 spiro atoms. The summed E-state index contributed by atoms with van der Waals surface area (Å²) in [7, 11) is 0. The van der Waals surface area contributed by atoms with Crippen molar-refractivity contribution >= 4 is 11.3 Å². The van der Waals surface area contributed by atoms with Gasteiger partial charge in [-0.1, -0.05) is 12.4 Å². The summed E-state index contributed by atoms with van der Waals surface area (Å²) >= 11 is 1.43. The molecule has 0 saturated heterocycles. The summed E-state index contributed by atoms with van der Waals surface area (Å²) in [6.07, 6.45) is 0. The van der Waals surface area contributed by atoms with Gasteiger partial charge in [0.25, 0.3) is 0 Å². The maximum atomic E-state index is 3.63. The summed E-state index contributed by atoms with van der Waals surface area (Å²) in [5.74, 6) is 0. The van der Waals surface area contributed by atoms with Gasteiger partial charge < -0.3 is 11.3 Å². The van der Waals surface area contributed by atoms with Crippen molar-refractivity contribution in [3.05, 3.63) is 10.5 Å². The van der Waals surface area contributed by atoms with Gasteiger partial charge in [0, 0.05) is 16.5 Å². The zero-order valence-corrected chi connectivity index (χ0v) is 5.42. The zero-order valence-electron chi connectivity index (χ0n) is 3.62. The number of aryl methyl sites for hydroxylation is 1. The Labute approximate surface area is 55.9 Å². The maximum Gasteiger partial charge on any atom is 0 e. The van der Waals surface area contributed by atoms with E-state index in [0.717, 1.165) is 5.01 Å². The Hall–Kier alpha value is 0.0535. The molecule has 0 atom stereocenters. The average Bonchev–Trinajstić information content (AvgIpc) is 1.86. The largest absolute Gasteiger partial charge is 0.316 e. The first-order chi connectivity index (χ1) is 2.89. The van der Waals surface area contributed by atoms with Crippen LogP contribution in [0.4, 0.5) is 0 Å². The smallest absolute Gasteiger partial charge is 0 e. The minimum Gasteiger partial charge on any atom is -0.316 e. The molecule has 0 fully saturated rings. The Kier molecular flexibility index (Phi) is 3.13. The molecule has 0 aliphatic heterocycles. The molecule has 0 saturated carbocycles. The van der Waals surface area contributed by atoms with Crippen LogP contribution >= 0.6 is 11.3 Å². The van der Waals surface area contributed by atoms with Crippen molar-refractivity contribution in [2.24, 2.45) is 0 Å². The van der Waals surface area contributed by atoms with E-state index in [2.05, 4.69) is 15.7 Å². The Balaban J connectivity index is 0.000000360. The Morgan fingerprint density at radius 1 is 1.71 bits per heavy atom. The molecule has 1 rings (SSSR count). The van der Waals surface area contributed by atoms with E-state index in [1.165, 1.54) is 11.3 Å². The third kappa shape index (κ3) is 2.00. The van der Waals surface area contributed by atoms with Crippen LogP contribution in [0.15, 0.2) is 0 Å². The Bertz CT molecular complexity index is 116. The number of aromatic nitrogens is 2. The quantitative estimate of drug-likeness (QED) is 0.409. The predicted molar refractivity (Wildman–Crippen MR) is 23.5 cm³/mol. The van der Waals surface area contributed by atoms with E-state index in [-0.39, 0.29) is 16.5 Å². The normalized spacial score (nSPS) is 7.57. The van der Waals surface area contributed by atoms with Crippen LogP contribution in [0.2, 0.25) is 0 Å². The van der Waals surface area contributed by atoms with Gasteiger partial charge in [-0.15, -0.1) is 0 Å². The van der Waals surface area contributed by atoms with Gasteiger partial charge in [0.2, 0.25) is 0 Å². The molecule has 0 aliphatic carbocycles. The van der Waals surface area contributed by atoms with Crippen LogP contribution in [0.3, 0.4) is 0 Å². The van der Waals surface area contributed by atoms with Crippen LogP contribution in [-0.2, 0) is 16.5 Å². The van der Waals surface area contributed by atoms with Crippen LogP contribution in [0.5, 0.6) is 0 Å². The Morgan fingerprint density at radius 2 is 2.43 bits per heavy atom. The minimum atomic E-state index is 0. The van der Waals surface area contributed by atoms with Crippen molar-refractivity contribution in [3.63, 3.8) is 0 Å². The first kappa shape index (κ1) is 7.05. The van der Waals surface area contributed by atoms with E-state index in [0.29, 0.717) is 0 Å². The molecule has 0 bridgehead atoms. The molecule has 0 aromatic carbocycles. The summed E-state index contributed by atoms with van der Waals surface area (Å²) in [4.78, 5) is 0. The fourth-order valence-corrected chi connectivity index (χ4v) is 0.493. The third-order valence-corrected chi connectivity index (χ3v) is 0.975. The SMILES string of the molecule is Cc1nn[c-]s1.[Ni]. The van der Waals surface area contributed by atoms with Gasteiger partial charge in [-0.05, 0) is 5.01 Å². The summed E-state index contributed by atoms with van der Waals surface area (Å²) in [5, 5.41) is 8.06. The third-order valence-electron chi connectivity index (χ3n) is 0.425. The van der Waals surface area contributed by atoms with Gasteiger partial charge in [0.15, 0.2) is 0 Å².